The molecule has 2 aromatic rings. The molecular weight excluding hydrogens is 288 g/mol. The Labute approximate surface area is 136 Å². The van der Waals surface area contributed by atoms with Gasteiger partial charge in [0.2, 0.25) is 0 Å². The molecule has 2 unspecified atom stereocenters. The number of nitrogens with one attached hydrogen (secondary N) is 1. The summed E-state index contributed by atoms with van der Waals surface area (Å²) in [6, 6.07) is 20.3. The number of carboxylic acid groups (broad SMARTS) is 1. The molecule has 2 atom stereocenters. The van der Waals surface area contributed by atoms with Crippen LogP contribution in [0.2, 0.25) is 0 Å². The van der Waals surface area contributed by atoms with E-state index < -0.39 is 5.97 Å². The van der Waals surface area contributed by atoms with Crippen molar-refractivity contribution in [1.29, 1.82) is 0 Å². The van der Waals surface area contributed by atoms with E-state index in [0.717, 1.165) is 18.8 Å². The summed E-state index contributed by atoms with van der Waals surface area (Å²) in [5.74, 6) is -0.965. The topological polar surface area (TPSA) is 52.6 Å². The maximum Gasteiger partial charge on any atom is 0.306 e. The lowest BCUT2D eigenvalue weighted by Gasteiger charge is -2.39. The molecule has 1 heterocycles. The van der Waals surface area contributed by atoms with Gasteiger partial charge in [0.25, 0.3) is 0 Å². The van der Waals surface area contributed by atoms with Crippen molar-refractivity contribution in [1.82, 2.24) is 4.90 Å². The molecule has 1 aliphatic heterocycles. The number of nitrogens with zero attached hydrogens (tertiary/aromatic N) is 1. The van der Waals surface area contributed by atoms with Crippen molar-refractivity contribution in [2.45, 2.75) is 25.6 Å². The second-order valence-electron chi connectivity index (χ2n) is 6.04. The second-order valence-corrected chi connectivity index (χ2v) is 6.04. The molecule has 0 aromatic heterocycles. The Morgan fingerprint density at radius 2 is 1.74 bits per heavy atom. The van der Waals surface area contributed by atoms with Gasteiger partial charge in [0.05, 0.1) is 12.1 Å². The monoisotopic (exact) mass is 310 g/mol. The lowest BCUT2D eigenvalue weighted by atomic mass is 9.94. The van der Waals surface area contributed by atoms with Gasteiger partial charge in [0.1, 0.15) is 0 Å². The fourth-order valence-electron chi connectivity index (χ4n) is 3.12. The van der Waals surface area contributed by atoms with Crippen LogP contribution in [0.5, 0.6) is 0 Å². The van der Waals surface area contributed by atoms with Crippen molar-refractivity contribution in [3.63, 3.8) is 0 Å². The van der Waals surface area contributed by atoms with E-state index in [2.05, 4.69) is 22.3 Å². The zero-order valence-electron chi connectivity index (χ0n) is 13.1. The first-order valence-electron chi connectivity index (χ1n) is 8.05. The van der Waals surface area contributed by atoms with Crippen LogP contribution in [0, 0.1) is 5.92 Å². The molecular formula is C19H22N2O2. The van der Waals surface area contributed by atoms with Crippen LogP contribution in [0.25, 0.3) is 0 Å². The van der Waals surface area contributed by atoms with Gasteiger partial charge in [0.15, 0.2) is 0 Å². The number of benzene rings is 2. The maximum absolute atomic E-state index is 11.4. The molecule has 0 aliphatic carbocycles. The highest BCUT2D eigenvalue weighted by molar-refractivity contribution is 5.70. The minimum atomic E-state index is -0.691. The standard InChI is InChI=1S/C19H22N2O2/c22-19(23)16-11-12-21(14-15-7-3-1-4-8-15)18(13-16)20-17-9-5-2-6-10-17/h1-10,16,18,20H,11-14H2,(H,22,23). The van der Waals surface area contributed by atoms with E-state index in [1.165, 1.54) is 5.56 Å². The molecule has 3 rings (SSSR count). The largest absolute Gasteiger partial charge is 0.481 e. The first-order valence-corrected chi connectivity index (χ1v) is 8.05. The van der Waals surface area contributed by atoms with Crippen molar-refractivity contribution in [2.75, 3.05) is 11.9 Å². The van der Waals surface area contributed by atoms with Crippen LogP contribution < -0.4 is 5.32 Å². The molecule has 2 N–H and O–H groups in total. The van der Waals surface area contributed by atoms with E-state index in [0.29, 0.717) is 12.8 Å². The van der Waals surface area contributed by atoms with Gasteiger partial charge in [-0.3, -0.25) is 9.69 Å². The molecule has 1 fully saturated rings. The summed E-state index contributed by atoms with van der Waals surface area (Å²) in [6.07, 6.45) is 1.36. The molecule has 0 spiro atoms. The number of piperidine rings is 1. The van der Waals surface area contributed by atoms with Gasteiger partial charge < -0.3 is 10.4 Å². The Bertz CT molecular complexity index is 630. The predicted molar refractivity (Wildman–Crippen MR) is 91.1 cm³/mol. The van der Waals surface area contributed by atoms with Crippen LogP contribution in [-0.2, 0) is 11.3 Å². The molecule has 1 saturated heterocycles. The minimum absolute atomic E-state index is 0.0347. The van der Waals surface area contributed by atoms with Crippen molar-refractivity contribution >= 4 is 11.7 Å². The highest BCUT2D eigenvalue weighted by atomic mass is 16.4. The lowest BCUT2D eigenvalue weighted by molar-refractivity contribution is -0.144. The third-order valence-electron chi connectivity index (χ3n) is 4.40. The zero-order valence-corrected chi connectivity index (χ0v) is 13.1. The fourth-order valence-corrected chi connectivity index (χ4v) is 3.12. The van der Waals surface area contributed by atoms with Crippen LogP contribution in [0.3, 0.4) is 0 Å². The Kier molecular flexibility index (Phi) is 4.93. The van der Waals surface area contributed by atoms with Crippen LogP contribution in [-0.4, -0.2) is 28.7 Å². The first kappa shape index (κ1) is 15.6. The molecule has 23 heavy (non-hydrogen) atoms. The van der Waals surface area contributed by atoms with Crippen molar-refractivity contribution in [3.8, 4) is 0 Å². The van der Waals surface area contributed by atoms with Gasteiger partial charge >= 0.3 is 5.97 Å². The molecule has 0 radical (unpaired) electrons. The molecule has 0 amide bonds. The van der Waals surface area contributed by atoms with Gasteiger partial charge in [-0.2, -0.15) is 0 Å². The van der Waals surface area contributed by atoms with Gasteiger partial charge in [-0.1, -0.05) is 48.5 Å². The van der Waals surface area contributed by atoms with Gasteiger partial charge in [-0.25, -0.2) is 0 Å². The number of aliphatic carboxylic acids is 1. The van der Waals surface area contributed by atoms with Crippen LogP contribution in [0.1, 0.15) is 18.4 Å². The van der Waals surface area contributed by atoms with E-state index >= 15 is 0 Å². The highest BCUT2D eigenvalue weighted by Crippen LogP contribution is 2.26. The smallest absolute Gasteiger partial charge is 0.306 e. The first-order chi connectivity index (χ1) is 11.2. The number of rotatable bonds is 5. The third kappa shape index (κ3) is 4.11. The predicted octanol–water partition coefficient (Wildman–Crippen LogP) is 3.42. The SMILES string of the molecule is O=C(O)C1CCN(Cc2ccccc2)C(Nc2ccccc2)C1. The summed E-state index contributed by atoms with van der Waals surface area (Å²) in [5, 5.41) is 12.9. The average molecular weight is 310 g/mol. The number of para-hydroxylation sites is 1. The Morgan fingerprint density at radius 3 is 2.39 bits per heavy atom. The molecule has 1 aliphatic rings. The molecule has 0 saturated carbocycles. The summed E-state index contributed by atoms with van der Waals surface area (Å²) in [7, 11) is 0. The maximum atomic E-state index is 11.4. The van der Waals surface area contributed by atoms with E-state index in [1.807, 2.05) is 48.5 Å². The van der Waals surface area contributed by atoms with Gasteiger partial charge in [0, 0.05) is 18.8 Å². The summed E-state index contributed by atoms with van der Waals surface area (Å²) < 4.78 is 0. The number of hydrogen-bond donors (Lipinski definition) is 2. The summed E-state index contributed by atoms with van der Waals surface area (Å²) >= 11 is 0. The molecule has 4 heteroatoms. The molecule has 0 bridgehead atoms. The fraction of sp³-hybridized carbons (Fsp3) is 0.316. The van der Waals surface area contributed by atoms with Crippen molar-refractivity contribution in [3.05, 3.63) is 66.2 Å². The highest BCUT2D eigenvalue weighted by Gasteiger charge is 2.32. The number of carboxylic acids is 1. The Morgan fingerprint density at radius 1 is 1.09 bits per heavy atom. The van der Waals surface area contributed by atoms with E-state index in [-0.39, 0.29) is 12.1 Å². The number of carbonyl (C=O) groups is 1. The van der Waals surface area contributed by atoms with E-state index in [1.54, 1.807) is 0 Å². The molecule has 2 aromatic carbocycles. The van der Waals surface area contributed by atoms with Crippen LogP contribution >= 0.6 is 0 Å². The van der Waals surface area contributed by atoms with Crippen LogP contribution in [0.15, 0.2) is 60.7 Å². The van der Waals surface area contributed by atoms with Gasteiger partial charge in [-0.05, 0) is 30.5 Å². The van der Waals surface area contributed by atoms with Crippen molar-refractivity contribution < 1.29 is 9.90 Å². The summed E-state index contributed by atoms with van der Waals surface area (Å²) in [5.41, 5.74) is 2.28. The van der Waals surface area contributed by atoms with Crippen LogP contribution in [0.4, 0.5) is 5.69 Å². The number of hydrogen-bond acceptors (Lipinski definition) is 3. The van der Waals surface area contributed by atoms with Crippen molar-refractivity contribution in [2.24, 2.45) is 5.92 Å². The van der Waals surface area contributed by atoms with E-state index in [9.17, 15) is 9.90 Å². The van der Waals surface area contributed by atoms with Gasteiger partial charge in [-0.15, -0.1) is 0 Å². The molecule has 120 valence electrons. The Balaban J connectivity index is 1.74. The summed E-state index contributed by atoms with van der Waals surface area (Å²) in [6.45, 7) is 1.62. The number of likely N-dealkylation sites (tertiary alicyclic amines) is 1. The van der Waals surface area contributed by atoms with E-state index in [4.69, 9.17) is 0 Å². The molecule has 4 nitrogen and oxygen atoms in total. The second kappa shape index (κ2) is 7.29. The quantitative estimate of drug-likeness (QED) is 0.888. The zero-order chi connectivity index (χ0) is 16.1. The summed E-state index contributed by atoms with van der Waals surface area (Å²) in [4.78, 5) is 13.7. The third-order valence-corrected chi connectivity index (χ3v) is 4.40. The lowest BCUT2D eigenvalue weighted by Crippen LogP contribution is -2.47. The number of anilines is 1. The average Bonchev–Trinajstić information content (AvgIpc) is 2.58. The minimum Gasteiger partial charge on any atom is -0.481 e. The normalized spacial score (nSPS) is 21.7. The Hall–Kier alpha value is -2.33.